The van der Waals surface area contributed by atoms with Gasteiger partial charge < -0.3 is 4.74 Å². The molecule has 0 bridgehead atoms. The van der Waals surface area contributed by atoms with E-state index in [-0.39, 0.29) is 17.2 Å². The van der Waals surface area contributed by atoms with Crippen molar-refractivity contribution < 1.29 is 18.5 Å². The number of rotatable bonds is 4. The maximum atomic E-state index is 13.0. The maximum Gasteiger partial charge on any atom is 0.309 e. The number of carbonyl (C=O) groups excluding carboxylic acids is 2. The van der Waals surface area contributed by atoms with E-state index in [0.29, 0.717) is 27.2 Å². The molecule has 3 rings (SSSR count). The van der Waals surface area contributed by atoms with Gasteiger partial charge in [-0.2, -0.15) is 9.46 Å². The molecule has 1 aromatic heterocycles. The quantitative estimate of drug-likeness (QED) is 0.520. The standard InChI is InChI=1S/C18H20BrN3O4S/c1-12(23)26-18-14(11-20-22(18)2)17(24)13-7-6-8-15(16(13)19)21-27(25)9-4-3-5-10-27/h6-8,11H,3-5,9-10H2,1-2H3. The number of ether oxygens (including phenoxy) is 1. The van der Waals surface area contributed by atoms with Crippen LogP contribution >= 0.6 is 15.9 Å². The zero-order valence-corrected chi connectivity index (χ0v) is 17.5. The molecule has 0 N–H and O–H groups in total. The first-order chi connectivity index (χ1) is 12.8. The highest BCUT2D eigenvalue weighted by atomic mass is 79.9. The van der Waals surface area contributed by atoms with Gasteiger partial charge in [0.05, 0.1) is 26.1 Å². The maximum absolute atomic E-state index is 13.0. The van der Waals surface area contributed by atoms with Crippen molar-refractivity contribution in [3.05, 3.63) is 40.0 Å². The highest BCUT2D eigenvalue weighted by molar-refractivity contribution is 9.10. The lowest BCUT2D eigenvalue weighted by atomic mass is 10.1. The normalized spacial score (nSPS) is 16.0. The first-order valence-electron chi connectivity index (χ1n) is 8.57. The summed E-state index contributed by atoms with van der Waals surface area (Å²) in [6, 6.07) is 5.08. The number of aromatic nitrogens is 2. The molecule has 1 fully saturated rings. The van der Waals surface area contributed by atoms with Crippen LogP contribution in [0.2, 0.25) is 0 Å². The van der Waals surface area contributed by atoms with Crippen LogP contribution in [0.4, 0.5) is 5.69 Å². The van der Waals surface area contributed by atoms with Gasteiger partial charge in [0.25, 0.3) is 0 Å². The molecule has 27 heavy (non-hydrogen) atoms. The van der Waals surface area contributed by atoms with Gasteiger partial charge in [-0.25, -0.2) is 8.89 Å². The molecular weight excluding hydrogens is 434 g/mol. The Morgan fingerprint density at radius 3 is 2.59 bits per heavy atom. The Morgan fingerprint density at radius 1 is 1.22 bits per heavy atom. The number of halogens is 1. The van der Waals surface area contributed by atoms with Crippen LogP contribution in [0, 0.1) is 0 Å². The molecule has 0 atom stereocenters. The van der Waals surface area contributed by atoms with Gasteiger partial charge in [-0.3, -0.25) is 9.59 Å². The van der Waals surface area contributed by atoms with E-state index < -0.39 is 15.7 Å². The molecule has 0 unspecified atom stereocenters. The molecular formula is C18H20BrN3O4S. The van der Waals surface area contributed by atoms with Crippen LogP contribution in [0.1, 0.15) is 42.1 Å². The van der Waals surface area contributed by atoms with Crippen LogP contribution in [0.5, 0.6) is 5.88 Å². The average Bonchev–Trinajstić information content (AvgIpc) is 2.97. The summed E-state index contributed by atoms with van der Waals surface area (Å²) in [5, 5.41) is 4.01. The second-order valence-electron chi connectivity index (χ2n) is 6.38. The Labute approximate surface area is 166 Å². The Bertz CT molecular complexity index is 1010. The van der Waals surface area contributed by atoms with E-state index in [2.05, 4.69) is 25.4 Å². The molecule has 0 radical (unpaired) electrons. The lowest BCUT2D eigenvalue weighted by Crippen LogP contribution is -2.16. The molecule has 0 spiro atoms. The van der Waals surface area contributed by atoms with Crippen molar-refractivity contribution in [2.24, 2.45) is 11.4 Å². The van der Waals surface area contributed by atoms with E-state index >= 15 is 0 Å². The lowest BCUT2D eigenvalue weighted by Gasteiger charge is -2.16. The number of esters is 1. The van der Waals surface area contributed by atoms with Gasteiger partial charge in [0.2, 0.25) is 11.7 Å². The summed E-state index contributed by atoms with van der Waals surface area (Å²) in [5.74, 6) is 0.347. The van der Waals surface area contributed by atoms with E-state index in [1.807, 2.05) is 0 Å². The van der Waals surface area contributed by atoms with Gasteiger partial charge in [-0.15, -0.1) is 0 Å². The first-order valence-corrected chi connectivity index (χ1v) is 11.2. The third kappa shape index (κ3) is 4.30. The van der Waals surface area contributed by atoms with Crippen LogP contribution in [0.25, 0.3) is 0 Å². The second kappa shape index (κ2) is 7.93. The molecule has 7 nitrogen and oxygen atoms in total. The van der Waals surface area contributed by atoms with Gasteiger partial charge in [-0.1, -0.05) is 12.5 Å². The number of aryl methyl sites for hydroxylation is 1. The third-order valence-electron chi connectivity index (χ3n) is 4.28. The fourth-order valence-corrected chi connectivity index (χ4v) is 5.81. The molecule has 1 aliphatic heterocycles. The molecule has 0 amide bonds. The number of carbonyl (C=O) groups is 2. The van der Waals surface area contributed by atoms with Crippen LogP contribution in [0.15, 0.2) is 33.2 Å². The Balaban J connectivity index is 2.02. The van der Waals surface area contributed by atoms with Crippen LogP contribution in [-0.2, 0) is 21.6 Å². The minimum atomic E-state index is -2.29. The largest absolute Gasteiger partial charge is 0.407 e. The molecule has 1 saturated heterocycles. The predicted octanol–water partition coefficient (Wildman–Crippen LogP) is 3.62. The van der Waals surface area contributed by atoms with E-state index in [1.54, 1.807) is 25.2 Å². The van der Waals surface area contributed by atoms with Gasteiger partial charge in [0, 0.05) is 31.0 Å². The Hall–Kier alpha value is -2.00. The van der Waals surface area contributed by atoms with Crippen LogP contribution in [-0.4, -0.2) is 37.2 Å². The summed E-state index contributed by atoms with van der Waals surface area (Å²) in [6.45, 7) is 1.26. The monoisotopic (exact) mass is 453 g/mol. The van der Waals surface area contributed by atoms with Crippen molar-refractivity contribution in [2.45, 2.75) is 26.2 Å². The second-order valence-corrected chi connectivity index (χ2v) is 9.72. The summed E-state index contributed by atoms with van der Waals surface area (Å²) in [7, 11) is -0.708. The molecule has 1 aromatic carbocycles. The first kappa shape index (κ1) is 19.8. The Morgan fingerprint density at radius 2 is 1.93 bits per heavy atom. The van der Waals surface area contributed by atoms with E-state index in [0.717, 1.165) is 19.3 Å². The minimum absolute atomic E-state index is 0.0833. The molecule has 2 aromatic rings. The Kier molecular flexibility index (Phi) is 5.81. The SMILES string of the molecule is CC(=O)Oc1c(C(=O)c2cccc(N=S3(=O)CCCCC3)c2Br)cnn1C. The van der Waals surface area contributed by atoms with Crippen molar-refractivity contribution in [2.75, 3.05) is 11.5 Å². The number of benzene rings is 1. The minimum Gasteiger partial charge on any atom is -0.407 e. The smallest absolute Gasteiger partial charge is 0.309 e. The molecule has 0 aliphatic carbocycles. The van der Waals surface area contributed by atoms with Crippen molar-refractivity contribution in [3.8, 4) is 5.88 Å². The van der Waals surface area contributed by atoms with E-state index in [4.69, 9.17) is 4.74 Å². The topological polar surface area (TPSA) is 90.6 Å². The van der Waals surface area contributed by atoms with Crippen molar-refractivity contribution in [1.82, 2.24) is 9.78 Å². The third-order valence-corrected chi connectivity index (χ3v) is 7.50. The van der Waals surface area contributed by atoms with Crippen LogP contribution in [0.3, 0.4) is 0 Å². The zero-order valence-electron chi connectivity index (χ0n) is 15.1. The summed E-state index contributed by atoms with van der Waals surface area (Å²) in [6.07, 6.45) is 4.24. The lowest BCUT2D eigenvalue weighted by molar-refractivity contribution is -0.132. The van der Waals surface area contributed by atoms with Gasteiger partial charge in [0.1, 0.15) is 5.56 Å². The molecule has 144 valence electrons. The number of hydrogen-bond acceptors (Lipinski definition) is 6. The summed E-state index contributed by atoms with van der Waals surface area (Å²) >= 11 is 3.44. The zero-order chi connectivity index (χ0) is 19.6. The van der Waals surface area contributed by atoms with Crippen molar-refractivity contribution in [1.29, 1.82) is 0 Å². The fourth-order valence-electron chi connectivity index (χ4n) is 2.95. The van der Waals surface area contributed by atoms with Crippen molar-refractivity contribution >= 4 is 43.1 Å². The molecule has 1 aliphatic rings. The molecule has 2 heterocycles. The summed E-state index contributed by atoms with van der Waals surface area (Å²) < 4.78 is 24.3. The van der Waals surface area contributed by atoms with E-state index in [9.17, 15) is 13.8 Å². The molecule has 9 heteroatoms. The van der Waals surface area contributed by atoms with Gasteiger partial charge >= 0.3 is 5.97 Å². The number of nitrogens with zero attached hydrogens (tertiary/aromatic N) is 3. The predicted molar refractivity (Wildman–Crippen MR) is 106 cm³/mol. The summed E-state index contributed by atoms with van der Waals surface area (Å²) in [4.78, 5) is 24.3. The van der Waals surface area contributed by atoms with Crippen LogP contribution < -0.4 is 4.74 Å². The van der Waals surface area contributed by atoms with Crippen molar-refractivity contribution in [3.63, 3.8) is 0 Å². The highest BCUT2D eigenvalue weighted by Crippen LogP contribution is 2.34. The highest BCUT2D eigenvalue weighted by Gasteiger charge is 2.24. The van der Waals surface area contributed by atoms with Gasteiger partial charge in [-0.05, 0) is 40.9 Å². The number of ketones is 1. The fraction of sp³-hybridized carbons (Fsp3) is 0.389. The molecule has 0 saturated carbocycles. The van der Waals surface area contributed by atoms with Gasteiger partial charge in [0.15, 0.2) is 0 Å². The summed E-state index contributed by atoms with van der Waals surface area (Å²) in [5.41, 5.74) is 1.01. The number of hydrogen-bond donors (Lipinski definition) is 0. The average molecular weight is 454 g/mol. The van der Waals surface area contributed by atoms with E-state index in [1.165, 1.54) is 17.8 Å².